The van der Waals surface area contributed by atoms with E-state index in [9.17, 15) is 0 Å². The van der Waals surface area contributed by atoms with Crippen LogP contribution < -0.4 is 0 Å². The number of halogens is 2. The van der Waals surface area contributed by atoms with Gasteiger partial charge in [0.15, 0.2) is 0 Å². The first-order valence-corrected chi connectivity index (χ1v) is 12.0. The molecule has 1 aliphatic carbocycles. The molecule has 0 nitrogen and oxygen atoms in total. The van der Waals surface area contributed by atoms with Crippen LogP contribution in [0.5, 0.6) is 0 Å². The number of hydrogen-bond acceptors (Lipinski definition) is 0. The Hall–Kier alpha value is 0.723. The van der Waals surface area contributed by atoms with Crippen LogP contribution in [0.1, 0.15) is 37.7 Å². The number of hydrogen-bond donors (Lipinski definition) is 0. The zero-order valence-electron chi connectivity index (χ0n) is 10.8. The number of rotatable bonds is 1. The van der Waals surface area contributed by atoms with Gasteiger partial charge in [-0.1, -0.05) is 19.3 Å². The summed E-state index contributed by atoms with van der Waals surface area (Å²) < 4.78 is 1.92. The molecular formula is C14H22Cl2PRu-. The molecule has 0 bridgehead atoms. The Labute approximate surface area is 127 Å². The Morgan fingerprint density at radius 3 is 2.00 bits per heavy atom. The van der Waals surface area contributed by atoms with E-state index < -0.39 is 13.5 Å². The predicted octanol–water partition coefficient (Wildman–Crippen LogP) is 5.41. The van der Waals surface area contributed by atoms with Crippen molar-refractivity contribution >= 4 is 33.2 Å². The van der Waals surface area contributed by atoms with Gasteiger partial charge in [0.25, 0.3) is 0 Å². The first-order valence-electron chi connectivity index (χ1n) is 5.82. The summed E-state index contributed by atoms with van der Waals surface area (Å²) in [6.45, 7) is 0. The Morgan fingerprint density at radius 1 is 1.06 bits per heavy atom. The van der Waals surface area contributed by atoms with Crippen LogP contribution in [0.3, 0.4) is 0 Å². The maximum absolute atomic E-state index is 5.67. The van der Waals surface area contributed by atoms with E-state index in [4.69, 9.17) is 19.4 Å². The van der Waals surface area contributed by atoms with Crippen LogP contribution in [0, 0.1) is 7.43 Å². The van der Waals surface area contributed by atoms with Gasteiger partial charge in [-0.05, 0) is 18.5 Å². The third kappa shape index (κ3) is 9.63. The minimum absolute atomic E-state index is 0. The summed E-state index contributed by atoms with van der Waals surface area (Å²) in [7, 11) is 14.2. The third-order valence-corrected chi connectivity index (χ3v) is 5.18. The fourth-order valence-corrected chi connectivity index (χ4v) is 4.04. The van der Waals surface area contributed by atoms with E-state index in [0.29, 0.717) is 0 Å². The molecule has 2 rings (SSSR count). The molecule has 1 saturated carbocycles. The van der Waals surface area contributed by atoms with Crippen molar-refractivity contribution in [3.63, 3.8) is 0 Å². The number of benzene rings is 1. The van der Waals surface area contributed by atoms with E-state index >= 15 is 0 Å². The topological polar surface area (TPSA) is 0 Å². The molecule has 0 aromatic heterocycles. The van der Waals surface area contributed by atoms with Gasteiger partial charge in [0, 0.05) is 0 Å². The van der Waals surface area contributed by atoms with Gasteiger partial charge in [-0.25, -0.2) is 0 Å². The first kappa shape index (κ1) is 18.7. The molecule has 18 heavy (non-hydrogen) atoms. The quantitative estimate of drug-likeness (QED) is 0.340. The molecule has 1 fully saturated rings. The summed E-state index contributed by atoms with van der Waals surface area (Å²) in [6, 6.07) is 9.89. The van der Waals surface area contributed by atoms with Gasteiger partial charge in [0.2, 0.25) is 0 Å². The standard InChI is InChI=1S/C7H6.C6H13P.CH3.2ClH.Ru/c1-7-5-3-2-4-6-7;7-6-4-2-1-3-5-6;;;;/h1-6H;6H,1-5,7H2;1H3;2*1H;/q;;-1;;;+2/p-2. The second kappa shape index (κ2) is 11.5. The van der Waals surface area contributed by atoms with Gasteiger partial charge in [-0.2, -0.15) is 0 Å². The summed E-state index contributed by atoms with van der Waals surface area (Å²) in [6.07, 6.45) is 7.31. The van der Waals surface area contributed by atoms with Crippen LogP contribution in [0.4, 0.5) is 0 Å². The zero-order valence-corrected chi connectivity index (χ0v) is 15.2. The van der Waals surface area contributed by atoms with Gasteiger partial charge in [-0.3, -0.25) is 0 Å². The molecule has 1 atom stereocenters. The molecular weight excluding hydrogens is 371 g/mol. The van der Waals surface area contributed by atoms with Crippen LogP contribution in [0.15, 0.2) is 30.3 Å². The molecule has 106 valence electrons. The van der Waals surface area contributed by atoms with Crippen molar-refractivity contribution < 1.29 is 13.5 Å². The second-order valence-corrected chi connectivity index (χ2v) is 10.8. The van der Waals surface area contributed by atoms with Crippen LogP contribution in [0.2, 0.25) is 0 Å². The summed E-state index contributed by atoms with van der Waals surface area (Å²) in [4.78, 5) is 0. The Kier molecular flexibility index (Phi) is 12.0. The van der Waals surface area contributed by atoms with Crippen molar-refractivity contribution in [3.8, 4) is 0 Å². The molecule has 0 heterocycles. The van der Waals surface area contributed by atoms with Crippen molar-refractivity contribution in [2.75, 3.05) is 0 Å². The molecule has 1 unspecified atom stereocenters. The van der Waals surface area contributed by atoms with Crippen LogP contribution >= 0.6 is 28.6 Å². The summed E-state index contributed by atoms with van der Waals surface area (Å²) in [5.41, 5.74) is 2.07. The molecule has 0 spiro atoms. The summed E-state index contributed by atoms with van der Waals surface area (Å²) >= 11 is -1.61. The minimum atomic E-state index is -1.61. The molecule has 0 amide bonds. The first-order chi connectivity index (χ1) is 8.18. The molecule has 4 heteroatoms. The monoisotopic (exact) mass is 393 g/mol. The van der Waals surface area contributed by atoms with E-state index in [-0.39, 0.29) is 7.43 Å². The van der Waals surface area contributed by atoms with Crippen molar-refractivity contribution in [1.82, 2.24) is 0 Å². The van der Waals surface area contributed by atoms with E-state index in [1.165, 1.54) is 32.1 Å². The van der Waals surface area contributed by atoms with Crippen molar-refractivity contribution in [2.45, 2.75) is 37.8 Å². The van der Waals surface area contributed by atoms with E-state index in [0.717, 1.165) is 11.2 Å². The van der Waals surface area contributed by atoms with Gasteiger partial charge < -0.3 is 7.43 Å². The SMILES string of the molecule is PC1CCCCC1.[CH3-].[Cl][Ru]([Cl])=[CH]c1ccccc1. The van der Waals surface area contributed by atoms with Crippen LogP contribution in [-0.2, 0) is 13.5 Å². The van der Waals surface area contributed by atoms with Gasteiger partial charge in [0.05, 0.1) is 0 Å². The molecule has 1 aromatic rings. The Bertz CT molecular complexity index is 331. The molecule has 0 N–H and O–H groups in total. The molecule has 1 aromatic carbocycles. The fraction of sp³-hybridized carbons (Fsp3) is 0.429. The predicted molar refractivity (Wildman–Crippen MR) is 86.3 cm³/mol. The average molecular weight is 393 g/mol. The van der Waals surface area contributed by atoms with E-state index in [1.54, 1.807) is 0 Å². The van der Waals surface area contributed by atoms with Gasteiger partial charge >= 0.3 is 73.4 Å². The maximum atomic E-state index is 5.67. The van der Waals surface area contributed by atoms with E-state index in [2.05, 4.69) is 9.24 Å². The zero-order chi connectivity index (χ0) is 12.5. The second-order valence-electron chi connectivity index (χ2n) is 4.12. The molecule has 0 aliphatic heterocycles. The normalized spacial score (nSPS) is 15.8. The fourth-order valence-electron chi connectivity index (χ4n) is 1.74. The van der Waals surface area contributed by atoms with Crippen molar-refractivity contribution in [3.05, 3.63) is 43.3 Å². The van der Waals surface area contributed by atoms with Gasteiger partial charge in [0.1, 0.15) is 0 Å². The van der Waals surface area contributed by atoms with Crippen LogP contribution in [0.25, 0.3) is 0 Å². The Morgan fingerprint density at radius 2 is 1.61 bits per heavy atom. The van der Waals surface area contributed by atoms with Crippen molar-refractivity contribution in [2.24, 2.45) is 0 Å². The third-order valence-electron chi connectivity index (χ3n) is 2.64. The van der Waals surface area contributed by atoms with E-state index in [1.807, 2.05) is 34.9 Å². The van der Waals surface area contributed by atoms with Gasteiger partial charge in [-0.15, -0.1) is 9.24 Å². The molecule has 1 aliphatic rings. The van der Waals surface area contributed by atoms with Crippen LogP contribution in [-0.4, -0.2) is 10.3 Å². The molecule has 0 saturated heterocycles. The summed E-state index contributed by atoms with van der Waals surface area (Å²) in [5.74, 6) is 0. The average Bonchev–Trinajstić information content (AvgIpc) is 2.31. The van der Waals surface area contributed by atoms with Crippen molar-refractivity contribution in [1.29, 1.82) is 0 Å². The summed E-state index contributed by atoms with van der Waals surface area (Å²) in [5, 5.41) is 0. The molecule has 0 radical (unpaired) electrons. The Balaban J connectivity index is 0.000000321.